The molecular weight excluding hydrogens is 296 g/mol. The molecule has 1 aliphatic rings. The number of nitrogens with one attached hydrogen (secondary N) is 1. The van der Waals surface area contributed by atoms with Gasteiger partial charge in [-0.1, -0.05) is 23.4 Å². The minimum absolute atomic E-state index is 0.213. The predicted molar refractivity (Wildman–Crippen MR) is 79.6 cm³/mol. The molecule has 0 bridgehead atoms. The molecule has 2 aromatic rings. The van der Waals surface area contributed by atoms with Crippen LogP contribution in [0.1, 0.15) is 13.3 Å². The molecule has 0 radical (unpaired) electrons. The van der Waals surface area contributed by atoms with E-state index in [-0.39, 0.29) is 12.6 Å². The molecule has 0 saturated heterocycles. The van der Waals surface area contributed by atoms with Gasteiger partial charge in [0.2, 0.25) is 10.0 Å². The second-order valence-corrected chi connectivity index (χ2v) is 7.35. The number of thiophene rings is 1. The van der Waals surface area contributed by atoms with Gasteiger partial charge in [-0.2, -0.15) is 0 Å². The van der Waals surface area contributed by atoms with E-state index in [1.54, 1.807) is 5.38 Å². The average molecular weight is 310 g/mol. The van der Waals surface area contributed by atoms with Gasteiger partial charge in [-0.25, -0.2) is 13.1 Å². The topological polar surface area (TPSA) is 67.8 Å². The summed E-state index contributed by atoms with van der Waals surface area (Å²) in [7, 11) is -3.52. The van der Waals surface area contributed by atoms with E-state index in [2.05, 4.69) is 9.88 Å². The number of oxime groups is 1. The van der Waals surface area contributed by atoms with Crippen LogP contribution in [0, 0.1) is 0 Å². The van der Waals surface area contributed by atoms with E-state index >= 15 is 0 Å². The quantitative estimate of drug-likeness (QED) is 0.942. The molecule has 20 heavy (non-hydrogen) atoms. The molecule has 0 amide bonds. The number of sulfonamides is 1. The van der Waals surface area contributed by atoms with Crippen LogP contribution >= 0.6 is 11.3 Å². The smallest absolute Gasteiger partial charge is 0.242 e. The minimum atomic E-state index is -3.52. The summed E-state index contributed by atoms with van der Waals surface area (Å²) in [5.41, 5.74) is 0.884. The van der Waals surface area contributed by atoms with E-state index in [1.807, 2.05) is 31.2 Å². The zero-order valence-electron chi connectivity index (χ0n) is 10.9. The Hall–Kier alpha value is -1.44. The van der Waals surface area contributed by atoms with Crippen LogP contribution in [-0.2, 0) is 14.9 Å². The van der Waals surface area contributed by atoms with Crippen LogP contribution in [0.25, 0.3) is 10.1 Å². The summed E-state index contributed by atoms with van der Waals surface area (Å²) >= 11 is 1.43. The molecule has 0 fully saturated rings. The maximum Gasteiger partial charge on any atom is 0.242 e. The summed E-state index contributed by atoms with van der Waals surface area (Å²) in [5.74, 6) is 0. The fourth-order valence-electron chi connectivity index (χ4n) is 2.12. The molecule has 1 aromatic carbocycles. The van der Waals surface area contributed by atoms with Gasteiger partial charge >= 0.3 is 0 Å². The van der Waals surface area contributed by atoms with E-state index in [1.165, 1.54) is 11.3 Å². The van der Waals surface area contributed by atoms with Crippen molar-refractivity contribution in [2.45, 2.75) is 24.3 Å². The summed E-state index contributed by atoms with van der Waals surface area (Å²) in [5, 5.41) is 6.24. The Balaban J connectivity index is 1.78. The Morgan fingerprint density at radius 3 is 3.00 bits per heavy atom. The van der Waals surface area contributed by atoms with Crippen LogP contribution in [0.3, 0.4) is 0 Å². The summed E-state index contributed by atoms with van der Waals surface area (Å²) in [4.78, 5) is 5.46. The van der Waals surface area contributed by atoms with Crippen LogP contribution in [-0.4, -0.2) is 26.8 Å². The lowest BCUT2D eigenvalue weighted by atomic mass is 10.2. The van der Waals surface area contributed by atoms with Crippen molar-refractivity contribution in [3.8, 4) is 0 Å². The Morgan fingerprint density at radius 1 is 1.45 bits per heavy atom. The molecule has 7 heteroatoms. The number of nitrogens with zero attached hydrogens (tertiary/aromatic N) is 1. The summed E-state index contributed by atoms with van der Waals surface area (Å²) < 4.78 is 28.3. The van der Waals surface area contributed by atoms with Gasteiger partial charge in [-0.05, 0) is 13.0 Å². The van der Waals surface area contributed by atoms with E-state index in [0.717, 1.165) is 15.8 Å². The monoisotopic (exact) mass is 310 g/mol. The highest BCUT2D eigenvalue weighted by molar-refractivity contribution is 7.90. The second-order valence-electron chi connectivity index (χ2n) is 4.71. The van der Waals surface area contributed by atoms with Gasteiger partial charge in [0, 0.05) is 21.9 Å². The van der Waals surface area contributed by atoms with Gasteiger partial charge < -0.3 is 4.84 Å². The van der Waals surface area contributed by atoms with Gasteiger partial charge in [0.05, 0.1) is 12.3 Å². The first-order chi connectivity index (χ1) is 9.56. The number of hydrogen-bond donors (Lipinski definition) is 1. The maximum absolute atomic E-state index is 12.3. The lowest BCUT2D eigenvalue weighted by Gasteiger charge is -2.10. The zero-order valence-corrected chi connectivity index (χ0v) is 12.5. The minimum Gasteiger partial charge on any atom is -0.391 e. The Labute approximate surface area is 121 Å². The predicted octanol–water partition coefficient (Wildman–Crippen LogP) is 2.34. The highest BCUT2D eigenvalue weighted by Crippen LogP contribution is 2.29. The van der Waals surface area contributed by atoms with Crippen LogP contribution in [0.5, 0.6) is 0 Å². The van der Waals surface area contributed by atoms with Crippen LogP contribution < -0.4 is 4.72 Å². The molecule has 1 atom stereocenters. The van der Waals surface area contributed by atoms with Crippen LogP contribution in [0.15, 0.2) is 39.7 Å². The van der Waals surface area contributed by atoms with Crippen molar-refractivity contribution in [2.75, 3.05) is 6.54 Å². The van der Waals surface area contributed by atoms with Gasteiger partial charge in [0.15, 0.2) is 0 Å². The zero-order chi connectivity index (χ0) is 14.2. The molecule has 1 aromatic heterocycles. The van der Waals surface area contributed by atoms with Gasteiger partial charge in [-0.3, -0.25) is 0 Å². The van der Waals surface area contributed by atoms with E-state index in [0.29, 0.717) is 11.3 Å². The summed E-state index contributed by atoms with van der Waals surface area (Å²) in [6.07, 6.45) is 0.446. The van der Waals surface area contributed by atoms with Crippen LogP contribution in [0.2, 0.25) is 0 Å². The van der Waals surface area contributed by atoms with Crippen molar-refractivity contribution in [1.29, 1.82) is 0 Å². The maximum atomic E-state index is 12.3. The third kappa shape index (κ3) is 2.56. The summed E-state index contributed by atoms with van der Waals surface area (Å²) in [6.45, 7) is 2.09. The molecule has 1 unspecified atom stereocenters. The van der Waals surface area contributed by atoms with Crippen molar-refractivity contribution in [3.63, 3.8) is 0 Å². The van der Waals surface area contributed by atoms with Gasteiger partial charge in [-0.15, -0.1) is 11.3 Å². The Bertz CT molecular complexity index is 765. The number of benzene rings is 1. The average Bonchev–Trinajstić information content (AvgIpc) is 3.03. The molecule has 0 spiro atoms. The molecule has 0 saturated carbocycles. The highest BCUT2D eigenvalue weighted by atomic mass is 32.2. The van der Waals surface area contributed by atoms with E-state index < -0.39 is 10.0 Å². The first-order valence-electron chi connectivity index (χ1n) is 6.21. The van der Waals surface area contributed by atoms with Crippen LogP contribution in [0.4, 0.5) is 0 Å². The Morgan fingerprint density at radius 2 is 2.25 bits per heavy atom. The standard InChI is InChI=1S/C13H14N2O3S2/c1-9-6-10(18-15-9)7-14-20(16,17)13-8-19-12-5-3-2-4-11(12)13/h2-5,8,10,14H,6-7H2,1H3. The molecule has 5 nitrogen and oxygen atoms in total. The summed E-state index contributed by atoms with van der Waals surface area (Å²) in [6, 6.07) is 7.47. The number of rotatable bonds is 4. The third-order valence-corrected chi connectivity index (χ3v) is 5.69. The number of fused-ring (bicyclic) bond motifs is 1. The first kappa shape index (κ1) is 13.5. The second kappa shape index (κ2) is 5.16. The van der Waals surface area contributed by atoms with Gasteiger partial charge in [0.25, 0.3) is 0 Å². The molecule has 0 aliphatic carbocycles. The van der Waals surface area contributed by atoms with Crippen molar-refractivity contribution in [1.82, 2.24) is 4.72 Å². The van der Waals surface area contributed by atoms with Crippen molar-refractivity contribution in [3.05, 3.63) is 29.6 Å². The fraction of sp³-hybridized carbons (Fsp3) is 0.308. The molecule has 2 heterocycles. The van der Waals surface area contributed by atoms with E-state index in [4.69, 9.17) is 4.84 Å². The fourth-order valence-corrected chi connectivity index (χ4v) is 4.69. The molecule has 3 rings (SSSR count). The largest absolute Gasteiger partial charge is 0.391 e. The molecule has 1 aliphatic heterocycles. The number of hydrogen-bond acceptors (Lipinski definition) is 5. The SMILES string of the molecule is CC1=NOC(CNS(=O)(=O)c2csc3ccccc23)C1. The van der Waals surface area contributed by atoms with Crippen molar-refractivity contribution < 1.29 is 13.3 Å². The molecule has 1 N–H and O–H groups in total. The lowest BCUT2D eigenvalue weighted by molar-refractivity contribution is 0.0891. The van der Waals surface area contributed by atoms with Gasteiger partial charge in [0.1, 0.15) is 11.0 Å². The first-order valence-corrected chi connectivity index (χ1v) is 8.58. The third-order valence-electron chi connectivity index (χ3n) is 3.12. The molecular formula is C13H14N2O3S2. The van der Waals surface area contributed by atoms with E-state index in [9.17, 15) is 8.42 Å². The highest BCUT2D eigenvalue weighted by Gasteiger charge is 2.23. The van der Waals surface area contributed by atoms with Crippen molar-refractivity contribution in [2.24, 2.45) is 5.16 Å². The normalized spacial score (nSPS) is 19.1. The lowest BCUT2D eigenvalue weighted by Crippen LogP contribution is -2.32. The Kier molecular flexibility index (Phi) is 3.49. The van der Waals surface area contributed by atoms with Crippen molar-refractivity contribution >= 4 is 37.2 Å². The molecule has 106 valence electrons.